The van der Waals surface area contributed by atoms with E-state index in [0.29, 0.717) is 11.3 Å². The molecule has 5 rings (SSSR count). The van der Waals surface area contributed by atoms with E-state index in [0.717, 1.165) is 23.3 Å². The second-order valence-electron chi connectivity index (χ2n) is 10.6. The molecular weight excluding hydrogens is 635 g/mol. The highest BCUT2D eigenvalue weighted by Gasteiger charge is 2.32. The number of halogens is 1. The zero-order valence-corrected chi connectivity index (χ0v) is 26.8. The van der Waals surface area contributed by atoms with Crippen LogP contribution in [0.5, 0.6) is 11.5 Å². The standard InChI is InChI=1S/C36H33FN4O6S/c1-46-31-13-7-27(8-14-31)24-41(35(28-5-3-2-4-6-28)36(43)39-23-26-19-21-38-22-20-26)34(42)25-47-32-15-17-33(18-16-32)48(44,45)40-30-11-9-29(37)10-12-30/h2-22,35,40H,23-25H2,1H3,(H,39,43)/t35-/m1/s1. The third kappa shape index (κ3) is 8.95. The number of benzene rings is 4. The van der Waals surface area contributed by atoms with Crippen LogP contribution in [0.25, 0.3) is 0 Å². The van der Waals surface area contributed by atoms with Gasteiger partial charge in [0.2, 0.25) is 5.91 Å². The molecule has 0 bridgehead atoms. The molecular formula is C36H33FN4O6S. The monoisotopic (exact) mass is 668 g/mol. The second-order valence-corrected chi connectivity index (χ2v) is 12.3. The Hall–Kier alpha value is -5.75. The minimum atomic E-state index is -3.96. The predicted octanol–water partition coefficient (Wildman–Crippen LogP) is 5.50. The zero-order valence-electron chi connectivity index (χ0n) is 26.0. The maximum atomic E-state index is 13.9. The van der Waals surface area contributed by atoms with Crippen LogP contribution in [0.1, 0.15) is 22.7 Å². The smallest absolute Gasteiger partial charge is 0.261 e. The summed E-state index contributed by atoms with van der Waals surface area (Å²) in [5.41, 5.74) is 2.42. The predicted molar refractivity (Wildman–Crippen MR) is 178 cm³/mol. The molecule has 10 nitrogen and oxygen atoms in total. The lowest BCUT2D eigenvalue weighted by Crippen LogP contribution is -2.45. The number of nitrogens with one attached hydrogen (secondary N) is 2. The number of ether oxygens (including phenoxy) is 2. The van der Waals surface area contributed by atoms with Crippen LogP contribution in [0.4, 0.5) is 10.1 Å². The lowest BCUT2D eigenvalue weighted by atomic mass is 10.0. The first-order valence-corrected chi connectivity index (χ1v) is 16.4. The van der Waals surface area contributed by atoms with Gasteiger partial charge in [-0.15, -0.1) is 0 Å². The van der Waals surface area contributed by atoms with Gasteiger partial charge in [0.15, 0.2) is 6.61 Å². The largest absolute Gasteiger partial charge is 0.497 e. The summed E-state index contributed by atoms with van der Waals surface area (Å²) in [7, 11) is -2.40. The van der Waals surface area contributed by atoms with E-state index < -0.39 is 34.4 Å². The molecule has 0 unspecified atom stereocenters. The minimum absolute atomic E-state index is 0.0540. The van der Waals surface area contributed by atoms with Crippen molar-refractivity contribution in [3.63, 3.8) is 0 Å². The van der Waals surface area contributed by atoms with Crippen molar-refractivity contribution in [2.75, 3.05) is 18.4 Å². The average Bonchev–Trinajstić information content (AvgIpc) is 3.11. The maximum absolute atomic E-state index is 13.9. The summed E-state index contributed by atoms with van der Waals surface area (Å²) < 4.78 is 52.4. The number of amides is 2. The van der Waals surface area contributed by atoms with E-state index in [4.69, 9.17) is 9.47 Å². The molecule has 246 valence electrons. The lowest BCUT2D eigenvalue weighted by molar-refractivity contribution is -0.143. The van der Waals surface area contributed by atoms with E-state index in [9.17, 15) is 22.4 Å². The number of nitrogens with zero attached hydrogens (tertiary/aromatic N) is 2. The Kier molecular flexibility index (Phi) is 11.0. The number of pyridine rings is 1. The number of carbonyl (C=O) groups is 2. The molecule has 12 heteroatoms. The van der Waals surface area contributed by atoms with Gasteiger partial charge >= 0.3 is 0 Å². The van der Waals surface area contributed by atoms with Gasteiger partial charge in [-0.05, 0) is 89.5 Å². The van der Waals surface area contributed by atoms with Gasteiger partial charge in [0.25, 0.3) is 15.9 Å². The molecule has 0 aliphatic carbocycles. The first-order chi connectivity index (χ1) is 23.2. The zero-order chi connectivity index (χ0) is 33.9. The van der Waals surface area contributed by atoms with Crippen molar-refractivity contribution in [3.05, 3.63) is 150 Å². The summed E-state index contributed by atoms with van der Waals surface area (Å²) in [5.74, 6) is -0.464. The number of carbonyl (C=O) groups excluding carboxylic acids is 2. The van der Waals surface area contributed by atoms with Crippen molar-refractivity contribution in [3.8, 4) is 11.5 Å². The van der Waals surface area contributed by atoms with E-state index in [2.05, 4.69) is 15.0 Å². The van der Waals surface area contributed by atoms with Crippen LogP contribution in [0.2, 0.25) is 0 Å². The van der Waals surface area contributed by atoms with Crippen LogP contribution >= 0.6 is 0 Å². The summed E-state index contributed by atoms with van der Waals surface area (Å²) in [5, 5.41) is 2.95. The number of rotatable bonds is 14. The van der Waals surface area contributed by atoms with Gasteiger partial charge in [-0.1, -0.05) is 42.5 Å². The van der Waals surface area contributed by atoms with Crippen molar-refractivity contribution in [1.82, 2.24) is 15.2 Å². The van der Waals surface area contributed by atoms with E-state index in [1.54, 1.807) is 68.0 Å². The van der Waals surface area contributed by atoms with Crippen molar-refractivity contribution in [2.45, 2.75) is 24.0 Å². The summed E-state index contributed by atoms with van der Waals surface area (Å²) >= 11 is 0. The molecule has 0 saturated heterocycles. The van der Waals surface area contributed by atoms with Crippen molar-refractivity contribution >= 4 is 27.5 Å². The van der Waals surface area contributed by atoms with E-state index in [1.807, 2.05) is 18.2 Å². The maximum Gasteiger partial charge on any atom is 0.261 e. The molecule has 0 aliphatic rings. The summed E-state index contributed by atoms with van der Waals surface area (Å²) in [6.45, 7) is -0.116. The third-order valence-electron chi connectivity index (χ3n) is 7.32. The molecule has 1 heterocycles. The van der Waals surface area contributed by atoms with Gasteiger partial charge in [0.1, 0.15) is 23.4 Å². The van der Waals surface area contributed by atoms with Crippen molar-refractivity contribution in [1.29, 1.82) is 0 Å². The van der Waals surface area contributed by atoms with Gasteiger partial charge in [-0.2, -0.15) is 0 Å². The molecule has 1 atom stereocenters. The fourth-order valence-corrected chi connectivity index (χ4v) is 5.88. The Morgan fingerprint density at radius 1 is 0.812 bits per heavy atom. The topological polar surface area (TPSA) is 127 Å². The normalized spacial score (nSPS) is 11.6. The number of methoxy groups -OCH3 is 1. The van der Waals surface area contributed by atoms with Gasteiger partial charge in [-0.3, -0.25) is 19.3 Å². The van der Waals surface area contributed by atoms with Crippen LogP contribution in [0, 0.1) is 5.82 Å². The Morgan fingerprint density at radius 3 is 2.10 bits per heavy atom. The molecule has 0 saturated carbocycles. The Labute approximate surface area is 278 Å². The van der Waals surface area contributed by atoms with Gasteiger partial charge in [0, 0.05) is 31.2 Å². The second kappa shape index (κ2) is 15.7. The Balaban J connectivity index is 1.36. The summed E-state index contributed by atoms with van der Waals surface area (Å²) in [6.07, 6.45) is 3.27. The van der Waals surface area contributed by atoms with Gasteiger partial charge in [0.05, 0.1) is 12.0 Å². The van der Waals surface area contributed by atoms with Crippen molar-refractivity contribution < 1.29 is 31.9 Å². The van der Waals surface area contributed by atoms with E-state index >= 15 is 0 Å². The summed E-state index contributed by atoms with van der Waals surface area (Å²) in [4.78, 5) is 33.2. The fraction of sp³-hybridized carbons (Fsp3) is 0.139. The molecule has 0 fully saturated rings. The van der Waals surface area contributed by atoms with Gasteiger partial charge in [-0.25, -0.2) is 12.8 Å². The highest BCUT2D eigenvalue weighted by atomic mass is 32.2. The third-order valence-corrected chi connectivity index (χ3v) is 8.71. The molecule has 4 aromatic carbocycles. The first-order valence-electron chi connectivity index (χ1n) is 14.9. The average molecular weight is 669 g/mol. The molecule has 1 aromatic heterocycles. The fourth-order valence-electron chi connectivity index (χ4n) is 4.82. The lowest BCUT2D eigenvalue weighted by Gasteiger charge is -2.31. The van der Waals surface area contributed by atoms with Crippen LogP contribution in [-0.4, -0.2) is 43.8 Å². The van der Waals surface area contributed by atoms with E-state index in [-0.39, 0.29) is 35.3 Å². The number of aromatic nitrogens is 1. The molecule has 0 aliphatic heterocycles. The highest BCUT2D eigenvalue weighted by molar-refractivity contribution is 7.92. The van der Waals surface area contributed by atoms with Crippen LogP contribution in [0.3, 0.4) is 0 Å². The molecule has 5 aromatic rings. The minimum Gasteiger partial charge on any atom is -0.497 e. The van der Waals surface area contributed by atoms with Crippen LogP contribution < -0.4 is 19.5 Å². The molecule has 2 amide bonds. The number of hydrogen-bond acceptors (Lipinski definition) is 7. The number of hydrogen-bond donors (Lipinski definition) is 2. The number of anilines is 1. The molecule has 2 N–H and O–H groups in total. The summed E-state index contributed by atoms with van der Waals surface area (Å²) in [6, 6.07) is 29.2. The van der Waals surface area contributed by atoms with Crippen LogP contribution in [0.15, 0.2) is 133 Å². The quantitative estimate of drug-likeness (QED) is 0.160. The SMILES string of the molecule is COc1ccc(CN(C(=O)COc2ccc(S(=O)(=O)Nc3ccc(F)cc3)cc2)[C@@H](C(=O)NCc2ccncc2)c2ccccc2)cc1. The number of sulfonamides is 1. The Bertz CT molecular complexity index is 1910. The van der Waals surface area contributed by atoms with Crippen LogP contribution in [-0.2, 0) is 32.7 Å². The van der Waals surface area contributed by atoms with Crippen molar-refractivity contribution in [2.24, 2.45) is 0 Å². The molecule has 0 spiro atoms. The molecule has 48 heavy (non-hydrogen) atoms. The van der Waals surface area contributed by atoms with Gasteiger partial charge < -0.3 is 19.7 Å². The first kappa shape index (κ1) is 33.6. The highest BCUT2D eigenvalue weighted by Crippen LogP contribution is 2.26. The molecule has 0 radical (unpaired) electrons. The Morgan fingerprint density at radius 2 is 1.46 bits per heavy atom. The van der Waals surface area contributed by atoms with E-state index in [1.165, 1.54) is 41.3 Å².